The second-order valence-corrected chi connectivity index (χ2v) is 3.08. The Hall–Kier alpha value is -2.16. The van der Waals surface area contributed by atoms with Gasteiger partial charge in [0.1, 0.15) is 6.07 Å². The van der Waals surface area contributed by atoms with Gasteiger partial charge in [-0.05, 0) is 6.92 Å². The molecular weight excluding hydrogens is 194 g/mol. The largest absolute Gasteiger partial charge is 0.370 e. The van der Waals surface area contributed by atoms with Crippen molar-refractivity contribution in [1.29, 1.82) is 5.26 Å². The van der Waals surface area contributed by atoms with Crippen LogP contribution in [0.15, 0.2) is 12.4 Å². The molecule has 1 aromatic rings. The number of amides is 1. The molecule has 15 heavy (non-hydrogen) atoms. The molecule has 1 rings (SSSR count). The quantitative estimate of drug-likeness (QED) is 0.721. The summed E-state index contributed by atoms with van der Waals surface area (Å²) in [6.07, 6.45) is 3.09. The molecule has 6 nitrogen and oxygen atoms in total. The number of nitrogens with two attached hydrogens (primary N) is 1. The van der Waals surface area contributed by atoms with Crippen LogP contribution in [0.3, 0.4) is 0 Å². The lowest BCUT2D eigenvalue weighted by Crippen LogP contribution is -2.24. The number of anilines is 1. The van der Waals surface area contributed by atoms with Crippen LogP contribution in [0, 0.1) is 11.3 Å². The van der Waals surface area contributed by atoms with Crippen LogP contribution in [-0.4, -0.2) is 21.9 Å². The first kappa shape index (κ1) is 10.9. The number of carbonyl (C=O) groups is 1. The molecule has 0 saturated heterocycles. The van der Waals surface area contributed by atoms with E-state index in [0.717, 1.165) is 0 Å². The van der Waals surface area contributed by atoms with Gasteiger partial charge < -0.3 is 11.1 Å². The number of carbonyl (C=O) groups excluding carboxylic acids is 1. The van der Waals surface area contributed by atoms with Crippen LogP contribution in [0.4, 0.5) is 5.82 Å². The Morgan fingerprint density at radius 1 is 1.67 bits per heavy atom. The number of nitrogens with one attached hydrogen (secondary N) is 1. The van der Waals surface area contributed by atoms with Crippen molar-refractivity contribution >= 4 is 11.7 Å². The van der Waals surface area contributed by atoms with Crippen molar-refractivity contribution in [2.45, 2.75) is 19.4 Å². The van der Waals surface area contributed by atoms with Crippen LogP contribution in [0.25, 0.3) is 0 Å². The maximum Gasteiger partial charge on any atom is 0.219 e. The topological polar surface area (TPSA) is 105 Å². The Bertz CT molecular complexity index is 398. The molecule has 0 bridgehead atoms. The van der Waals surface area contributed by atoms with Gasteiger partial charge in [0.2, 0.25) is 5.91 Å². The van der Waals surface area contributed by atoms with Crippen molar-refractivity contribution in [3.05, 3.63) is 18.1 Å². The highest BCUT2D eigenvalue weighted by molar-refractivity contribution is 5.74. The minimum atomic E-state index is -0.405. The Labute approximate surface area is 87.1 Å². The summed E-state index contributed by atoms with van der Waals surface area (Å²) in [4.78, 5) is 18.4. The van der Waals surface area contributed by atoms with Crippen molar-refractivity contribution in [3.63, 3.8) is 0 Å². The number of hydrogen-bond donors (Lipinski definition) is 2. The van der Waals surface area contributed by atoms with E-state index < -0.39 is 5.91 Å². The van der Waals surface area contributed by atoms with E-state index in [2.05, 4.69) is 15.3 Å². The van der Waals surface area contributed by atoms with E-state index in [1.807, 2.05) is 6.07 Å². The van der Waals surface area contributed by atoms with Crippen molar-refractivity contribution in [2.75, 3.05) is 5.32 Å². The number of rotatable bonds is 4. The van der Waals surface area contributed by atoms with Gasteiger partial charge in [-0.1, -0.05) is 0 Å². The molecule has 3 N–H and O–H groups in total. The second-order valence-electron chi connectivity index (χ2n) is 3.08. The van der Waals surface area contributed by atoms with Crippen LogP contribution in [-0.2, 0) is 4.79 Å². The second kappa shape index (κ2) is 4.91. The third-order valence-electron chi connectivity index (χ3n) is 1.69. The number of hydrogen-bond acceptors (Lipinski definition) is 5. The summed E-state index contributed by atoms with van der Waals surface area (Å²) in [5.74, 6) is -0.0360. The summed E-state index contributed by atoms with van der Waals surface area (Å²) in [6.45, 7) is 1.78. The Morgan fingerprint density at radius 3 is 2.93 bits per heavy atom. The van der Waals surface area contributed by atoms with Crippen molar-refractivity contribution in [2.24, 2.45) is 5.73 Å². The van der Waals surface area contributed by atoms with Gasteiger partial charge >= 0.3 is 0 Å². The fraction of sp³-hybridized carbons (Fsp3) is 0.333. The maximum absolute atomic E-state index is 10.6. The average molecular weight is 205 g/mol. The maximum atomic E-state index is 10.6. The minimum Gasteiger partial charge on any atom is -0.370 e. The van der Waals surface area contributed by atoms with Crippen molar-refractivity contribution in [1.82, 2.24) is 9.97 Å². The molecule has 0 aliphatic rings. The van der Waals surface area contributed by atoms with Gasteiger partial charge in [0.05, 0.1) is 0 Å². The standard InChI is InChI=1S/C9H11N5O/c1-6(4-8(11)15)14-9-7(5-10)12-2-3-13-9/h2-3,6H,4H2,1H3,(H2,11,15)(H,13,14). The van der Waals surface area contributed by atoms with Crippen LogP contribution < -0.4 is 11.1 Å². The highest BCUT2D eigenvalue weighted by atomic mass is 16.1. The van der Waals surface area contributed by atoms with Crippen molar-refractivity contribution < 1.29 is 4.79 Å². The molecule has 0 aliphatic carbocycles. The summed E-state index contributed by atoms with van der Waals surface area (Å²) in [5, 5.41) is 11.6. The lowest BCUT2D eigenvalue weighted by molar-refractivity contribution is -0.118. The predicted molar refractivity (Wildman–Crippen MR) is 53.6 cm³/mol. The number of nitrogens with zero attached hydrogens (tertiary/aromatic N) is 3. The summed E-state index contributed by atoms with van der Waals surface area (Å²) < 4.78 is 0. The molecule has 0 radical (unpaired) electrons. The first-order valence-electron chi connectivity index (χ1n) is 4.39. The summed E-state index contributed by atoms with van der Waals surface area (Å²) in [5.41, 5.74) is 5.24. The molecule has 1 amide bonds. The van der Waals surface area contributed by atoms with E-state index in [4.69, 9.17) is 11.0 Å². The summed E-state index contributed by atoms with van der Waals surface area (Å²) >= 11 is 0. The number of nitriles is 1. The van der Waals surface area contributed by atoms with Crippen LogP contribution >= 0.6 is 0 Å². The first-order valence-corrected chi connectivity index (χ1v) is 4.39. The molecule has 0 fully saturated rings. The SMILES string of the molecule is CC(CC(N)=O)Nc1nccnc1C#N. The van der Waals surface area contributed by atoms with Gasteiger partial charge in [0.25, 0.3) is 0 Å². The predicted octanol–water partition coefficient (Wildman–Crippen LogP) is 0.0241. The molecule has 78 valence electrons. The van der Waals surface area contributed by atoms with Crippen molar-refractivity contribution in [3.8, 4) is 6.07 Å². The lowest BCUT2D eigenvalue weighted by Gasteiger charge is -2.12. The Morgan fingerprint density at radius 2 is 2.33 bits per heavy atom. The van der Waals surface area contributed by atoms with Crippen LogP contribution in [0.2, 0.25) is 0 Å². The van der Waals surface area contributed by atoms with E-state index >= 15 is 0 Å². The molecule has 1 aromatic heterocycles. The third-order valence-corrected chi connectivity index (χ3v) is 1.69. The fourth-order valence-corrected chi connectivity index (χ4v) is 1.11. The molecule has 0 saturated carbocycles. The Kier molecular flexibility index (Phi) is 3.57. The first-order chi connectivity index (χ1) is 7.13. The molecule has 1 unspecified atom stereocenters. The van der Waals surface area contributed by atoms with Gasteiger partial charge in [-0.15, -0.1) is 0 Å². The molecule has 6 heteroatoms. The van der Waals surface area contributed by atoms with Gasteiger partial charge in [0.15, 0.2) is 11.5 Å². The molecule has 0 spiro atoms. The zero-order valence-electron chi connectivity index (χ0n) is 8.27. The molecule has 1 heterocycles. The normalized spacial score (nSPS) is 11.5. The summed E-state index contributed by atoms with van der Waals surface area (Å²) in [7, 11) is 0. The zero-order chi connectivity index (χ0) is 11.3. The molecule has 0 aliphatic heterocycles. The van der Waals surface area contributed by atoms with Gasteiger partial charge in [-0.3, -0.25) is 4.79 Å². The van der Waals surface area contributed by atoms with Crippen LogP contribution in [0.1, 0.15) is 19.0 Å². The summed E-state index contributed by atoms with van der Waals surface area (Å²) in [6, 6.07) is 1.73. The molecule has 0 aromatic carbocycles. The van der Waals surface area contributed by atoms with Gasteiger partial charge in [0, 0.05) is 24.9 Å². The third kappa shape index (κ3) is 3.23. The monoisotopic (exact) mass is 205 g/mol. The van der Waals surface area contributed by atoms with E-state index in [0.29, 0.717) is 5.82 Å². The van der Waals surface area contributed by atoms with E-state index in [1.54, 1.807) is 6.92 Å². The zero-order valence-corrected chi connectivity index (χ0v) is 8.27. The van der Waals surface area contributed by atoms with E-state index in [9.17, 15) is 4.79 Å². The molecular formula is C9H11N5O. The highest BCUT2D eigenvalue weighted by Crippen LogP contribution is 2.09. The minimum absolute atomic E-state index is 0.175. The van der Waals surface area contributed by atoms with Crippen LogP contribution in [0.5, 0.6) is 0 Å². The fourth-order valence-electron chi connectivity index (χ4n) is 1.11. The van der Waals surface area contributed by atoms with E-state index in [-0.39, 0.29) is 18.2 Å². The molecule has 1 atom stereocenters. The Balaban J connectivity index is 2.72. The number of primary amides is 1. The number of aromatic nitrogens is 2. The highest BCUT2D eigenvalue weighted by Gasteiger charge is 2.09. The smallest absolute Gasteiger partial charge is 0.219 e. The van der Waals surface area contributed by atoms with Gasteiger partial charge in [-0.2, -0.15) is 5.26 Å². The average Bonchev–Trinajstić information content (AvgIpc) is 2.17. The lowest BCUT2D eigenvalue weighted by atomic mass is 10.2. The van der Waals surface area contributed by atoms with E-state index in [1.165, 1.54) is 12.4 Å². The van der Waals surface area contributed by atoms with Gasteiger partial charge in [-0.25, -0.2) is 9.97 Å².